The van der Waals surface area contributed by atoms with Crippen molar-refractivity contribution in [1.29, 1.82) is 0 Å². The molecule has 9 heteroatoms. The fraction of sp³-hybridized carbons (Fsp3) is 0.360. The first kappa shape index (κ1) is 24.4. The van der Waals surface area contributed by atoms with Crippen LogP contribution < -0.4 is 10.7 Å². The molecular weight excluding hydrogens is 458 g/mol. The number of hydrogen-bond acceptors (Lipinski definition) is 6. The van der Waals surface area contributed by atoms with Crippen LogP contribution in [0.2, 0.25) is 5.02 Å². The van der Waals surface area contributed by atoms with Crippen molar-refractivity contribution in [3.8, 4) is 0 Å². The predicted octanol–water partition coefficient (Wildman–Crippen LogP) is 2.32. The molecule has 0 aliphatic carbocycles. The van der Waals surface area contributed by atoms with E-state index in [1.165, 1.54) is 6.20 Å². The lowest BCUT2D eigenvalue weighted by Gasteiger charge is -2.26. The van der Waals surface area contributed by atoms with Gasteiger partial charge in [-0.05, 0) is 35.4 Å². The fourth-order valence-electron chi connectivity index (χ4n) is 3.96. The van der Waals surface area contributed by atoms with Gasteiger partial charge in [-0.3, -0.25) is 14.5 Å². The van der Waals surface area contributed by atoms with Gasteiger partial charge in [-0.25, -0.2) is 0 Å². The maximum absolute atomic E-state index is 13.2. The Kier molecular flexibility index (Phi) is 8.31. The average Bonchev–Trinajstić information content (AvgIpc) is 2.85. The van der Waals surface area contributed by atoms with Crippen molar-refractivity contribution in [2.75, 3.05) is 39.5 Å². The monoisotopic (exact) mass is 485 g/mol. The number of morpholine rings is 1. The Morgan fingerprint density at radius 2 is 1.91 bits per heavy atom. The molecule has 1 fully saturated rings. The van der Waals surface area contributed by atoms with Crippen molar-refractivity contribution >= 4 is 28.4 Å². The Hall–Kier alpha value is -2.75. The number of nitrogens with zero attached hydrogens (tertiary/aromatic N) is 1. The number of amides is 1. The Morgan fingerprint density at radius 1 is 1.18 bits per heavy atom. The Morgan fingerprint density at radius 3 is 2.65 bits per heavy atom. The van der Waals surface area contributed by atoms with E-state index in [0.29, 0.717) is 42.1 Å². The first-order valence-corrected chi connectivity index (χ1v) is 11.6. The first-order valence-electron chi connectivity index (χ1n) is 11.3. The van der Waals surface area contributed by atoms with Crippen molar-refractivity contribution in [3.05, 3.63) is 80.6 Å². The molecule has 4 rings (SSSR count). The molecular formula is C25H28ClN3O5. The number of aliphatic hydroxyl groups excluding tert-OH is 1. The lowest BCUT2D eigenvalue weighted by molar-refractivity contribution is 0.0104. The van der Waals surface area contributed by atoms with Crippen LogP contribution >= 0.6 is 11.6 Å². The van der Waals surface area contributed by atoms with E-state index in [4.69, 9.17) is 26.2 Å². The fourth-order valence-corrected chi connectivity index (χ4v) is 4.08. The molecule has 3 aromatic rings. The number of halogens is 1. The zero-order chi connectivity index (χ0) is 23.9. The van der Waals surface area contributed by atoms with E-state index in [1.54, 1.807) is 12.1 Å². The SMILES string of the molecule is O=C(NC(Cc1ccc(Cl)cc1)OCCO)c1c[nH]c2ccc(CN3CCOCC3)cc2c1=O. The molecule has 1 unspecified atom stereocenters. The van der Waals surface area contributed by atoms with Crippen molar-refractivity contribution in [2.45, 2.75) is 19.2 Å². The zero-order valence-corrected chi connectivity index (χ0v) is 19.5. The number of pyridine rings is 1. The van der Waals surface area contributed by atoms with Gasteiger partial charge < -0.3 is 24.9 Å². The minimum Gasteiger partial charge on any atom is -0.394 e. The van der Waals surface area contributed by atoms with Crippen LogP contribution in [-0.4, -0.2) is 66.6 Å². The van der Waals surface area contributed by atoms with E-state index in [-0.39, 0.29) is 24.2 Å². The summed E-state index contributed by atoms with van der Waals surface area (Å²) in [4.78, 5) is 31.5. The maximum Gasteiger partial charge on any atom is 0.258 e. The van der Waals surface area contributed by atoms with Gasteiger partial charge in [0.25, 0.3) is 5.91 Å². The first-order chi connectivity index (χ1) is 16.5. The number of carbonyl (C=O) groups is 1. The lowest BCUT2D eigenvalue weighted by Crippen LogP contribution is -2.41. The molecule has 0 bridgehead atoms. The van der Waals surface area contributed by atoms with E-state index in [2.05, 4.69) is 15.2 Å². The van der Waals surface area contributed by atoms with Crippen LogP contribution in [0.5, 0.6) is 0 Å². The Labute approximate surface area is 202 Å². The number of H-pyrrole nitrogens is 1. The maximum atomic E-state index is 13.2. The van der Waals surface area contributed by atoms with Gasteiger partial charge in [0.2, 0.25) is 5.43 Å². The van der Waals surface area contributed by atoms with Gasteiger partial charge in [0.05, 0.1) is 26.4 Å². The quantitative estimate of drug-likeness (QED) is 0.402. The number of aliphatic hydroxyl groups is 1. The van der Waals surface area contributed by atoms with E-state index >= 15 is 0 Å². The molecule has 1 amide bonds. The molecule has 1 aliphatic rings. The van der Waals surface area contributed by atoms with Gasteiger partial charge in [-0.1, -0.05) is 29.8 Å². The molecule has 1 atom stereocenters. The normalized spacial score (nSPS) is 15.4. The van der Waals surface area contributed by atoms with Gasteiger partial charge in [-0.15, -0.1) is 0 Å². The van der Waals surface area contributed by atoms with Crippen LogP contribution in [0.1, 0.15) is 21.5 Å². The van der Waals surface area contributed by atoms with Gasteiger partial charge in [0, 0.05) is 48.2 Å². The minimum atomic E-state index is -0.719. The second-order valence-electron chi connectivity index (χ2n) is 8.19. The number of fused-ring (bicyclic) bond motifs is 1. The molecule has 8 nitrogen and oxygen atoms in total. The third kappa shape index (κ3) is 6.22. The molecule has 3 N–H and O–H groups in total. The molecule has 0 saturated carbocycles. The average molecular weight is 486 g/mol. The van der Waals surface area contributed by atoms with Gasteiger partial charge >= 0.3 is 0 Å². The number of hydrogen-bond donors (Lipinski definition) is 3. The third-order valence-corrected chi connectivity index (χ3v) is 5.99. The van der Waals surface area contributed by atoms with Crippen LogP contribution in [0, 0.1) is 0 Å². The summed E-state index contributed by atoms with van der Waals surface area (Å²) in [5.41, 5.74) is 2.23. The molecule has 1 saturated heterocycles. The summed E-state index contributed by atoms with van der Waals surface area (Å²) in [6.45, 7) is 3.68. The summed E-state index contributed by atoms with van der Waals surface area (Å²) in [6.07, 6.45) is 1.06. The van der Waals surface area contributed by atoms with E-state index in [9.17, 15) is 9.59 Å². The molecule has 34 heavy (non-hydrogen) atoms. The summed E-state index contributed by atoms with van der Waals surface area (Å²) in [7, 11) is 0. The highest BCUT2D eigenvalue weighted by Gasteiger charge is 2.19. The molecule has 2 heterocycles. The highest BCUT2D eigenvalue weighted by molar-refractivity contribution is 6.30. The smallest absolute Gasteiger partial charge is 0.258 e. The largest absolute Gasteiger partial charge is 0.394 e. The number of ether oxygens (including phenoxy) is 2. The number of rotatable bonds is 9. The topological polar surface area (TPSA) is 104 Å². The van der Waals surface area contributed by atoms with Crippen molar-refractivity contribution < 1.29 is 19.4 Å². The Balaban J connectivity index is 1.52. The van der Waals surface area contributed by atoms with E-state index in [1.807, 2.05) is 30.3 Å². The van der Waals surface area contributed by atoms with Crippen LogP contribution in [0.3, 0.4) is 0 Å². The molecule has 1 aliphatic heterocycles. The van der Waals surface area contributed by atoms with Gasteiger partial charge in [-0.2, -0.15) is 0 Å². The van der Waals surface area contributed by atoms with Crippen molar-refractivity contribution in [1.82, 2.24) is 15.2 Å². The van der Waals surface area contributed by atoms with Crippen molar-refractivity contribution in [2.24, 2.45) is 0 Å². The summed E-state index contributed by atoms with van der Waals surface area (Å²) in [5, 5.41) is 13.0. The van der Waals surface area contributed by atoms with E-state index in [0.717, 1.165) is 24.2 Å². The molecule has 0 spiro atoms. The van der Waals surface area contributed by atoms with Crippen molar-refractivity contribution in [3.63, 3.8) is 0 Å². The predicted molar refractivity (Wildman–Crippen MR) is 130 cm³/mol. The standard InChI is InChI=1S/C25H28ClN3O5/c26-19-4-1-17(2-5-19)14-23(34-12-9-30)28-25(32)21-15-27-22-6-3-18(13-20(22)24(21)31)16-29-7-10-33-11-8-29/h1-6,13,15,23,30H,7-12,14,16H2,(H,27,31)(H,28,32). The number of benzene rings is 2. The summed E-state index contributed by atoms with van der Waals surface area (Å²) < 4.78 is 11.0. The van der Waals surface area contributed by atoms with Crippen LogP contribution in [0.25, 0.3) is 10.9 Å². The molecule has 0 radical (unpaired) electrons. The number of aromatic nitrogens is 1. The summed E-state index contributed by atoms with van der Waals surface area (Å²) in [5.74, 6) is -0.543. The second kappa shape index (κ2) is 11.6. The Bertz CT molecular complexity index is 1180. The van der Waals surface area contributed by atoms with Gasteiger partial charge in [0.15, 0.2) is 0 Å². The number of aromatic amines is 1. The van der Waals surface area contributed by atoms with Crippen LogP contribution in [-0.2, 0) is 22.4 Å². The second-order valence-corrected chi connectivity index (χ2v) is 8.62. The van der Waals surface area contributed by atoms with Crippen LogP contribution in [0.4, 0.5) is 0 Å². The molecule has 180 valence electrons. The minimum absolute atomic E-state index is 0.00438. The molecule has 2 aromatic carbocycles. The lowest BCUT2D eigenvalue weighted by atomic mass is 10.1. The number of nitrogens with one attached hydrogen (secondary N) is 2. The molecule has 1 aromatic heterocycles. The van der Waals surface area contributed by atoms with E-state index < -0.39 is 12.1 Å². The third-order valence-electron chi connectivity index (χ3n) is 5.74. The van der Waals surface area contributed by atoms with Crippen LogP contribution in [0.15, 0.2) is 53.5 Å². The summed E-state index contributed by atoms with van der Waals surface area (Å²) in [6, 6.07) is 12.9. The highest BCUT2D eigenvalue weighted by atomic mass is 35.5. The highest BCUT2D eigenvalue weighted by Crippen LogP contribution is 2.15. The number of carbonyl (C=O) groups excluding carboxylic acids is 1. The summed E-state index contributed by atoms with van der Waals surface area (Å²) >= 11 is 5.95. The zero-order valence-electron chi connectivity index (χ0n) is 18.8. The van der Waals surface area contributed by atoms with Gasteiger partial charge in [0.1, 0.15) is 11.8 Å².